The number of benzene rings is 1. The molecule has 0 radical (unpaired) electrons. The van der Waals surface area contributed by atoms with Crippen molar-refractivity contribution in [1.82, 2.24) is 4.98 Å². The lowest BCUT2D eigenvalue weighted by Gasteiger charge is -2.10. The molecule has 0 N–H and O–H groups in total. The summed E-state index contributed by atoms with van der Waals surface area (Å²) in [7, 11) is 2.72. The van der Waals surface area contributed by atoms with Gasteiger partial charge < -0.3 is 4.74 Å². The van der Waals surface area contributed by atoms with Crippen molar-refractivity contribution in [3.8, 4) is 0 Å². The molecule has 0 aliphatic rings. The van der Waals surface area contributed by atoms with Gasteiger partial charge in [-0.2, -0.15) is 8.78 Å². The van der Waals surface area contributed by atoms with Gasteiger partial charge in [0.15, 0.2) is 0 Å². The van der Waals surface area contributed by atoms with Crippen LogP contribution in [-0.2, 0) is 10.4 Å². The van der Waals surface area contributed by atoms with Crippen molar-refractivity contribution < 1.29 is 18.3 Å². The highest BCUT2D eigenvalue weighted by Crippen LogP contribution is 2.34. The molecule has 108 valence electrons. The number of methoxy groups -OCH3 is 1. The SMILES string of the molecule is CC.COC(=O)c1ccc2nc(C(F)(F)P)ccc2c1. The van der Waals surface area contributed by atoms with Crippen molar-refractivity contribution in [2.75, 3.05) is 7.11 Å². The van der Waals surface area contributed by atoms with Crippen molar-refractivity contribution in [2.24, 2.45) is 0 Å². The number of carbonyl (C=O) groups is 1. The van der Waals surface area contributed by atoms with Gasteiger partial charge >= 0.3 is 5.97 Å². The number of carbonyl (C=O) groups excluding carboxylic acids is 1. The summed E-state index contributed by atoms with van der Waals surface area (Å²) in [4.78, 5) is 15.2. The van der Waals surface area contributed by atoms with E-state index in [1.54, 1.807) is 6.07 Å². The molecule has 1 atom stereocenters. The number of hydrogen-bond acceptors (Lipinski definition) is 3. The van der Waals surface area contributed by atoms with Crippen LogP contribution in [0.1, 0.15) is 29.9 Å². The van der Waals surface area contributed by atoms with Crippen LogP contribution in [0.4, 0.5) is 8.78 Å². The molecular formula is C14H16F2NO2P. The Hall–Kier alpha value is -1.61. The predicted molar refractivity (Wildman–Crippen MR) is 78.0 cm³/mol. The van der Waals surface area contributed by atoms with Crippen molar-refractivity contribution in [3.05, 3.63) is 41.6 Å². The number of fused-ring (bicyclic) bond motifs is 1. The molecule has 0 spiro atoms. The van der Waals surface area contributed by atoms with Crippen molar-refractivity contribution in [2.45, 2.75) is 19.5 Å². The van der Waals surface area contributed by atoms with E-state index in [-0.39, 0.29) is 5.69 Å². The monoisotopic (exact) mass is 299 g/mol. The number of alkyl halides is 2. The van der Waals surface area contributed by atoms with E-state index in [0.717, 1.165) is 0 Å². The fourth-order valence-electron chi connectivity index (χ4n) is 1.56. The molecule has 0 amide bonds. The Morgan fingerprint density at radius 1 is 1.25 bits per heavy atom. The Morgan fingerprint density at radius 3 is 2.45 bits per heavy atom. The smallest absolute Gasteiger partial charge is 0.337 e. The molecule has 3 nitrogen and oxygen atoms in total. The summed E-state index contributed by atoms with van der Waals surface area (Å²) in [5, 5.41) is 0.607. The van der Waals surface area contributed by atoms with Gasteiger partial charge in [-0.1, -0.05) is 29.2 Å². The first-order chi connectivity index (χ1) is 9.41. The molecule has 0 aliphatic carbocycles. The second kappa shape index (κ2) is 6.71. The summed E-state index contributed by atoms with van der Waals surface area (Å²) in [6.45, 7) is 4.00. The molecule has 0 bridgehead atoms. The van der Waals surface area contributed by atoms with E-state index in [0.29, 0.717) is 16.5 Å². The molecule has 1 heterocycles. The maximum absolute atomic E-state index is 13.1. The molecule has 2 rings (SSSR count). The highest BCUT2D eigenvalue weighted by atomic mass is 31.0. The predicted octanol–water partition coefficient (Wildman–Crippen LogP) is 3.97. The second-order valence-corrected chi connectivity index (χ2v) is 4.44. The maximum Gasteiger partial charge on any atom is 0.337 e. The number of ether oxygens (including phenoxy) is 1. The lowest BCUT2D eigenvalue weighted by molar-refractivity contribution is 0.0601. The Kier molecular flexibility index (Phi) is 5.52. The standard InChI is InChI=1S/C12H10F2NO2P.C2H6/c1-17-11(16)8-2-4-9-7(6-8)3-5-10(15-9)12(13,14)18;1-2/h2-6H,18H2,1H3;1-2H3. The first kappa shape index (κ1) is 16.4. The third-order valence-electron chi connectivity index (χ3n) is 2.45. The van der Waals surface area contributed by atoms with E-state index < -0.39 is 11.6 Å². The number of pyridine rings is 1. The Labute approximate surface area is 118 Å². The van der Waals surface area contributed by atoms with Crippen LogP contribution >= 0.6 is 9.24 Å². The van der Waals surface area contributed by atoms with Gasteiger partial charge in [0, 0.05) is 5.39 Å². The van der Waals surface area contributed by atoms with Crippen LogP contribution in [0.2, 0.25) is 0 Å². The zero-order valence-electron chi connectivity index (χ0n) is 11.5. The molecule has 6 heteroatoms. The fourth-order valence-corrected chi connectivity index (χ4v) is 1.72. The Bertz CT molecular complexity index is 612. The van der Waals surface area contributed by atoms with Crippen LogP contribution in [-0.4, -0.2) is 18.1 Å². The van der Waals surface area contributed by atoms with Gasteiger partial charge in [0.25, 0.3) is 5.66 Å². The molecule has 2 aromatic rings. The molecule has 1 unspecified atom stereocenters. The molecule has 20 heavy (non-hydrogen) atoms. The summed E-state index contributed by atoms with van der Waals surface area (Å²) < 4.78 is 30.7. The molecule has 0 aliphatic heterocycles. The molecular weight excluding hydrogens is 283 g/mol. The first-order valence-electron chi connectivity index (χ1n) is 6.08. The van der Waals surface area contributed by atoms with E-state index >= 15 is 0 Å². The summed E-state index contributed by atoms with van der Waals surface area (Å²) in [6, 6.07) is 7.30. The fraction of sp³-hybridized carbons (Fsp3) is 0.286. The quantitative estimate of drug-likeness (QED) is 0.622. The van der Waals surface area contributed by atoms with E-state index in [1.165, 1.54) is 40.6 Å². The molecule has 1 aromatic carbocycles. The van der Waals surface area contributed by atoms with Crippen LogP contribution < -0.4 is 0 Å². The summed E-state index contributed by atoms with van der Waals surface area (Å²) in [5.41, 5.74) is -2.62. The van der Waals surface area contributed by atoms with Gasteiger partial charge in [-0.15, -0.1) is 0 Å². The average molecular weight is 299 g/mol. The molecule has 0 fully saturated rings. The molecule has 0 saturated carbocycles. The van der Waals surface area contributed by atoms with Crippen LogP contribution in [0.15, 0.2) is 30.3 Å². The number of esters is 1. The van der Waals surface area contributed by atoms with Gasteiger partial charge in [0.2, 0.25) is 0 Å². The number of rotatable bonds is 2. The highest BCUT2D eigenvalue weighted by Gasteiger charge is 2.26. The lowest BCUT2D eigenvalue weighted by atomic mass is 10.1. The van der Waals surface area contributed by atoms with E-state index in [2.05, 4.69) is 9.72 Å². The third kappa shape index (κ3) is 3.70. The highest BCUT2D eigenvalue weighted by molar-refractivity contribution is 7.17. The normalized spacial score (nSPS) is 10.7. The average Bonchev–Trinajstić information content (AvgIpc) is 2.46. The van der Waals surface area contributed by atoms with Crippen molar-refractivity contribution >= 4 is 26.1 Å². The van der Waals surface area contributed by atoms with Gasteiger partial charge in [0.05, 0.1) is 18.2 Å². The van der Waals surface area contributed by atoms with Crippen LogP contribution in [0.25, 0.3) is 10.9 Å². The molecule has 1 aromatic heterocycles. The summed E-state index contributed by atoms with van der Waals surface area (Å²) >= 11 is 0. The summed E-state index contributed by atoms with van der Waals surface area (Å²) in [5.74, 6) is -0.475. The van der Waals surface area contributed by atoms with E-state index in [4.69, 9.17) is 0 Å². The number of nitrogens with zero attached hydrogens (tertiary/aromatic N) is 1. The minimum absolute atomic E-state index is 0.328. The second-order valence-electron chi connectivity index (χ2n) is 3.72. The summed E-state index contributed by atoms with van der Waals surface area (Å²) in [6.07, 6.45) is 0. The van der Waals surface area contributed by atoms with Crippen LogP contribution in [0.5, 0.6) is 0 Å². The number of halogens is 2. The molecule has 0 saturated heterocycles. The minimum atomic E-state index is -3.06. The first-order valence-corrected chi connectivity index (χ1v) is 6.66. The van der Waals surface area contributed by atoms with E-state index in [1.807, 2.05) is 13.8 Å². The topological polar surface area (TPSA) is 39.2 Å². The Balaban J connectivity index is 0.000000956. The number of hydrogen-bond donors (Lipinski definition) is 0. The van der Waals surface area contributed by atoms with Crippen LogP contribution in [0, 0.1) is 0 Å². The Morgan fingerprint density at radius 2 is 1.90 bits per heavy atom. The minimum Gasteiger partial charge on any atom is -0.465 e. The largest absolute Gasteiger partial charge is 0.465 e. The van der Waals surface area contributed by atoms with Gasteiger partial charge in [-0.25, -0.2) is 9.78 Å². The third-order valence-corrected chi connectivity index (χ3v) is 2.75. The van der Waals surface area contributed by atoms with Gasteiger partial charge in [-0.05, 0) is 24.3 Å². The van der Waals surface area contributed by atoms with Gasteiger partial charge in [0.1, 0.15) is 5.69 Å². The number of aromatic nitrogens is 1. The maximum atomic E-state index is 13.1. The van der Waals surface area contributed by atoms with Crippen LogP contribution in [0.3, 0.4) is 0 Å². The van der Waals surface area contributed by atoms with Crippen molar-refractivity contribution in [1.29, 1.82) is 0 Å². The van der Waals surface area contributed by atoms with E-state index in [9.17, 15) is 13.6 Å². The van der Waals surface area contributed by atoms with Gasteiger partial charge in [-0.3, -0.25) is 0 Å². The lowest BCUT2D eigenvalue weighted by Crippen LogP contribution is -2.06. The van der Waals surface area contributed by atoms with Crippen molar-refractivity contribution in [3.63, 3.8) is 0 Å². The zero-order valence-corrected chi connectivity index (χ0v) is 12.6. The zero-order chi connectivity index (χ0) is 15.3.